The fraction of sp³-hybridized carbons (Fsp3) is 1.00. The molecule has 1 aliphatic rings. The number of rotatable bonds is 5. The first-order chi connectivity index (χ1) is 5.64. The van der Waals surface area contributed by atoms with Crippen molar-refractivity contribution in [2.75, 3.05) is 20.1 Å². The zero-order chi connectivity index (χ0) is 9.19. The third-order valence-electron chi connectivity index (χ3n) is 3.30. The summed E-state index contributed by atoms with van der Waals surface area (Å²) in [5.41, 5.74) is 6.14. The molecule has 0 saturated heterocycles. The molecule has 1 rings (SSSR count). The van der Waals surface area contributed by atoms with Crippen LogP contribution in [0.2, 0.25) is 0 Å². The van der Waals surface area contributed by atoms with E-state index < -0.39 is 0 Å². The van der Waals surface area contributed by atoms with Crippen molar-refractivity contribution in [3.05, 3.63) is 0 Å². The van der Waals surface area contributed by atoms with Gasteiger partial charge in [-0.15, -0.1) is 0 Å². The van der Waals surface area contributed by atoms with Gasteiger partial charge in [-0.05, 0) is 25.8 Å². The van der Waals surface area contributed by atoms with Crippen molar-refractivity contribution in [1.29, 1.82) is 0 Å². The lowest BCUT2D eigenvalue weighted by atomic mass is 10.1. The van der Waals surface area contributed by atoms with Crippen LogP contribution >= 0.6 is 0 Å². The van der Waals surface area contributed by atoms with Gasteiger partial charge in [-0.1, -0.05) is 20.3 Å². The second-order valence-electron chi connectivity index (χ2n) is 4.32. The van der Waals surface area contributed by atoms with Gasteiger partial charge in [-0.25, -0.2) is 0 Å². The third kappa shape index (κ3) is 1.99. The van der Waals surface area contributed by atoms with Crippen LogP contribution in [-0.4, -0.2) is 30.6 Å². The highest BCUT2D eigenvalue weighted by Gasteiger charge is 2.44. The van der Waals surface area contributed by atoms with E-state index in [2.05, 4.69) is 25.8 Å². The Morgan fingerprint density at radius 3 is 2.42 bits per heavy atom. The summed E-state index contributed by atoms with van der Waals surface area (Å²) in [6.45, 7) is 6.59. The molecule has 0 aromatic heterocycles. The molecule has 1 atom stereocenters. The molecule has 0 bridgehead atoms. The number of hydrogen-bond donors (Lipinski definition) is 1. The van der Waals surface area contributed by atoms with Gasteiger partial charge in [0, 0.05) is 18.6 Å². The molecule has 0 amide bonds. The Morgan fingerprint density at radius 1 is 1.50 bits per heavy atom. The molecule has 0 heterocycles. The van der Waals surface area contributed by atoms with E-state index >= 15 is 0 Å². The van der Waals surface area contributed by atoms with Crippen molar-refractivity contribution in [2.45, 2.75) is 38.6 Å². The highest BCUT2D eigenvalue weighted by Crippen LogP contribution is 2.40. The second kappa shape index (κ2) is 3.75. The molecule has 1 fully saturated rings. The second-order valence-corrected chi connectivity index (χ2v) is 4.32. The van der Waals surface area contributed by atoms with E-state index in [0.29, 0.717) is 5.54 Å². The molecule has 0 aromatic rings. The maximum atomic E-state index is 5.75. The van der Waals surface area contributed by atoms with Crippen molar-refractivity contribution in [2.24, 2.45) is 11.7 Å². The van der Waals surface area contributed by atoms with Gasteiger partial charge in [0.2, 0.25) is 0 Å². The summed E-state index contributed by atoms with van der Waals surface area (Å²) in [6, 6.07) is 0. The Kier molecular flexibility index (Phi) is 3.13. The zero-order valence-electron chi connectivity index (χ0n) is 8.64. The fourth-order valence-electron chi connectivity index (χ4n) is 1.68. The van der Waals surface area contributed by atoms with Crippen LogP contribution in [0.1, 0.15) is 33.1 Å². The summed E-state index contributed by atoms with van der Waals surface area (Å²) < 4.78 is 0. The molecule has 0 aliphatic heterocycles. The quantitative estimate of drug-likeness (QED) is 0.677. The van der Waals surface area contributed by atoms with E-state index in [-0.39, 0.29) is 0 Å². The van der Waals surface area contributed by atoms with E-state index in [1.54, 1.807) is 0 Å². The van der Waals surface area contributed by atoms with Crippen LogP contribution in [0.4, 0.5) is 0 Å². The first-order valence-electron chi connectivity index (χ1n) is 5.06. The minimum atomic E-state index is 0.392. The van der Waals surface area contributed by atoms with Gasteiger partial charge in [-0.2, -0.15) is 0 Å². The molecule has 72 valence electrons. The Morgan fingerprint density at radius 2 is 2.08 bits per heavy atom. The molecule has 1 aliphatic carbocycles. The van der Waals surface area contributed by atoms with Crippen LogP contribution in [0, 0.1) is 5.92 Å². The average molecular weight is 170 g/mol. The van der Waals surface area contributed by atoms with E-state index in [9.17, 15) is 0 Å². The lowest BCUT2D eigenvalue weighted by molar-refractivity contribution is 0.196. The van der Waals surface area contributed by atoms with Crippen molar-refractivity contribution >= 4 is 0 Å². The van der Waals surface area contributed by atoms with E-state index in [0.717, 1.165) is 12.5 Å². The zero-order valence-corrected chi connectivity index (χ0v) is 8.64. The minimum Gasteiger partial charge on any atom is -0.329 e. The van der Waals surface area contributed by atoms with Gasteiger partial charge in [-0.3, -0.25) is 4.90 Å². The van der Waals surface area contributed by atoms with Crippen molar-refractivity contribution in [1.82, 2.24) is 4.90 Å². The number of likely N-dealkylation sites (N-methyl/N-ethyl adjacent to an activating group) is 1. The molecule has 2 nitrogen and oxygen atoms in total. The van der Waals surface area contributed by atoms with E-state index in [1.807, 2.05) is 0 Å². The highest BCUT2D eigenvalue weighted by atomic mass is 15.2. The monoisotopic (exact) mass is 170 g/mol. The maximum absolute atomic E-state index is 5.75. The highest BCUT2D eigenvalue weighted by molar-refractivity contribution is 5.03. The Labute approximate surface area is 76.1 Å². The Balaban J connectivity index is 2.32. The van der Waals surface area contributed by atoms with Crippen LogP contribution in [0.25, 0.3) is 0 Å². The van der Waals surface area contributed by atoms with Gasteiger partial charge >= 0.3 is 0 Å². The van der Waals surface area contributed by atoms with Gasteiger partial charge < -0.3 is 5.73 Å². The predicted molar refractivity (Wildman–Crippen MR) is 53.1 cm³/mol. The molecule has 1 unspecified atom stereocenters. The summed E-state index contributed by atoms with van der Waals surface area (Å²) in [5.74, 6) is 0.805. The number of hydrogen-bond acceptors (Lipinski definition) is 2. The summed E-state index contributed by atoms with van der Waals surface area (Å²) in [6.07, 6.45) is 3.87. The van der Waals surface area contributed by atoms with Crippen LogP contribution in [0.3, 0.4) is 0 Å². The Bertz CT molecular complexity index is 141. The molecular weight excluding hydrogens is 148 g/mol. The van der Waals surface area contributed by atoms with Crippen molar-refractivity contribution < 1.29 is 0 Å². The largest absolute Gasteiger partial charge is 0.329 e. The maximum Gasteiger partial charge on any atom is 0.0330 e. The molecule has 0 spiro atoms. The molecule has 0 radical (unpaired) electrons. The topological polar surface area (TPSA) is 29.3 Å². The summed E-state index contributed by atoms with van der Waals surface area (Å²) in [5, 5.41) is 0. The third-order valence-corrected chi connectivity index (χ3v) is 3.30. The molecular formula is C10H22N2. The molecule has 12 heavy (non-hydrogen) atoms. The van der Waals surface area contributed by atoms with Crippen LogP contribution < -0.4 is 5.73 Å². The van der Waals surface area contributed by atoms with Gasteiger partial charge in [0.25, 0.3) is 0 Å². The van der Waals surface area contributed by atoms with Crippen LogP contribution in [-0.2, 0) is 0 Å². The lowest BCUT2D eigenvalue weighted by Crippen LogP contribution is -2.42. The first-order valence-corrected chi connectivity index (χ1v) is 5.06. The average Bonchev–Trinajstić information content (AvgIpc) is 2.84. The van der Waals surface area contributed by atoms with Gasteiger partial charge in [0.15, 0.2) is 0 Å². The van der Waals surface area contributed by atoms with E-state index in [4.69, 9.17) is 5.73 Å². The number of nitrogens with zero attached hydrogens (tertiary/aromatic N) is 1. The molecule has 2 heteroatoms. The number of nitrogens with two attached hydrogens (primary N) is 1. The predicted octanol–water partition coefficient (Wildman–Crippen LogP) is 1.46. The van der Waals surface area contributed by atoms with Gasteiger partial charge in [0.05, 0.1) is 0 Å². The summed E-state index contributed by atoms with van der Waals surface area (Å²) in [7, 11) is 2.21. The molecule has 2 N–H and O–H groups in total. The van der Waals surface area contributed by atoms with Gasteiger partial charge in [0.1, 0.15) is 0 Å². The smallest absolute Gasteiger partial charge is 0.0330 e. The molecule has 0 aromatic carbocycles. The summed E-state index contributed by atoms with van der Waals surface area (Å²) in [4.78, 5) is 2.46. The minimum absolute atomic E-state index is 0.392. The SMILES string of the molecule is CCC(C)CN(C)C1(CN)CC1. The van der Waals surface area contributed by atoms with E-state index in [1.165, 1.54) is 25.8 Å². The Hall–Kier alpha value is -0.0800. The lowest BCUT2D eigenvalue weighted by Gasteiger charge is -2.29. The van der Waals surface area contributed by atoms with Crippen LogP contribution in [0.15, 0.2) is 0 Å². The summed E-state index contributed by atoms with van der Waals surface area (Å²) >= 11 is 0. The van der Waals surface area contributed by atoms with Crippen molar-refractivity contribution in [3.63, 3.8) is 0 Å². The molecule has 1 saturated carbocycles. The van der Waals surface area contributed by atoms with Crippen LogP contribution in [0.5, 0.6) is 0 Å². The fourth-order valence-corrected chi connectivity index (χ4v) is 1.68. The normalized spacial score (nSPS) is 22.8. The standard InChI is InChI=1S/C10H22N2/c1-4-9(2)7-12(3)10(8-11)5-6-10/h9H,4-8,11H2,1-3H3. The van der Waals surface area contributed by atoms with Crippen molar-refractivity contribution in [3.8, 4) is 0 Å². The first kappa shape index (κ1) is 10.0.